The molecule has 2 N–H and O–H groups in total. The highest BCUT2D eigenvalue weighted by molar-refractivity contribution is 7.13. The average molecular weight is 231 g/mol. The van der Waals surface area contributed by atoms with Gasteiger partial charge in [0.15, 0.2) is 0 Å². The van der Waals surface area contributed by atoms with Crippen LogP contribution in [-0.4, -0.2) is 30.0 Å². The van der Waals surface area contributed by atoms with Gasteiger partial charge in [-0.1, -0.05) is 24.7 Å². The van der Waals surface area contributed by atoms with Crippen molar-refractivity contribution in [3.63, 3.8) is 0 Å². The van der Waals surface area contributed by atoms with E-state index in [1.807, 2.05) is 0 Å². The lowest BCUT2D eigenvalue weighted by molar-refractivity contribution is 0.0977. The summed E-state index contributed by atoms with van der Waals surface area (Å²) in [7, 11) is 0. The monoisotopic (exact) mass is 231 g/mol. The van der Waals surface area contributed by atoms with Gasteiger partial charge >= 0.3 is 0 Å². The van der Waals surface area contributed by atoms with Crippen LogP contribution < -0.4 is 10.5 Å². The summed E-state index contributed by atoms with van der Waals surface area (Å²) < 4.78 is 10.7. The second-order valence-electron chi connectivity index (χ2n) is 2.98. The minimum absolute atomic E-state index is 0.411. The molecule has 0 aliphatic rings. The largest absolute Gasteiger partial charge is 0.466 e. The quantitative estimate of drug-likeness (QED) is 0.681. The Labute approximate surface area is 93.6 Å². The third kappa shape index (κ3) is 5.06. The second-order valence-corrected chi connectivity index (χ2v) is 4.00. The SMILES string of the molecule is CCCCOCCOc1nnc(CN)s1. The first-order valence-electron chi connectivity index (χ1n) is 5.09. The lowest BCUT2D eigenvalue weighted by Gasteiger charge is -2.02. The van der Waals surface area contributed by atoms with Crippen molar-refractivity contribution < 1.29 is 9.47 Å². The van der Waals surface area contributed by atoms with Crippen molar-refractivity contribution in [2.75, 3.05) is 19.8 Å². The van der Waals surface area contributed by atoms with Crippen LogP contribution in [0.2, 0.25) is 0 Å². The normalized spacial score (nSPS) is 10.5. The number of aromatic nitrogens is 2. The van der Waals surface area contributed by atoms with Crippen LogP contribution in [0.1, 0.15) is 24.8 Å². The topological polar surface area (TPSA) is 70.3 Å². The highest BCUT2D eigenvalue weighted by atomic mass is 32.1. The van der Waals surface area contributed by atoms with Crippen molar-refractivity contribution in [1.29, 1.82) is 0 Å². The smallest absolute Gasteiger partial charge is 0.294 e. The standard InChI is InChI=1S/C9H17N3O2S/c1-2-3-4-13-5-6-14-9-12-11-8(7-10)15-9/h2-7,10H2,1H3. The molecular formula is C9H17N3O2S. The summed E-state index contributed by atoms with van der Waals surface area (Å²) in [6, 6.07) is 0. The Morgan fingerprint density at radius 1 is 1.27 bits per heavy atom. The zero-order chi connectivity index (χ0) is 10.9. The molecular weight excluding hydrogens is 214 g/mol. The van der Waals surface area contributed by atoms with Crippen LogP contribution in [0.15, 0.2) is 0 Å². The van der Waals surface area contributed by atoms with Crippen LogP contribution in [0.3, 0.4) is 0 Å². The summed E-state index contributed by atoms with van der Waals surface area (Å²) in [6.07, 6.45) is 2.24. The van der Waals surface area contributed by atoms with E-state index >= 15 is 0 Å². The molecule has 1 heterocycles. The molecule has 0 bridgehead atoms. The van der Waals surface area contributed by atoms with E-state index < -0.39 is 0 Å². The zero-order valence-corrected chi connectivity index (χ0v) is 9.76. The molecule has 0 fully saturated rings. The molecule has 1 aromatic heterocycles. The van der Waals surface area contributed by atoms with E-state index in [-0.39, 0.29) is 0 Å². The average Bonchev–Trinajstić information content (AvgIpc) is 2.71. The summed E-state index contributed by atoms with van der Waals surface area (Å²) in [5.41, 5.74) is 5.40. The Morgan fingerprint density at radius 2 is 2.13 bits per heavy atom. The Kier molecular flexibility index (Phi) is 6.22. The van der Waals surface area contributed by atoms with Crippen LogP contribution in [0.5, 0.6) is 5.19 Å². The highest BCUT2D eigenvalue weighted by Crippen LogP contribution is 2.16. The maximum Gasteiger partial charge on any atom is 0.294 e. The number of hydrogen-bond donors (Lipinski definition) is 1. The maximum atomic E-state index is 5.40. The van der Waals surface area contributed by atoms with E-state index in [1.165, 1.54) is 11.3 Å². The van der Waals surface area contributed by atoms with Crippen LogP contribution in [0.25, 0.3) is 0 Å². The fraction of sp³-hybridized carbons (Fsp3) is 0.778. The molecule has 6 heteroatoms. The number of rotatable bonds is 8. The molecule has 0 radical (unpaired) electrons. The first kappa shape index (κ1) is 12.4. The van der Waals surface area contributed by atoms with E-state index in [9.17, 15) is 0 Å². The Morgan fingerprint density at radius 3 is 2.80 bits per heavy atom. The minimum atomic E-state index is 0.411. The molecule has 0 saturated carbocycles. The summed E-state index contributed by atoms with van der Waals surface area (Å²) in [5, 5.41) is 9.03. The maximum absolute atomic E-state index is 5.40. The number of nitrogens with zero attached hydrogens (tertiary/aromatic N) is 2. The summed E-state index contributed by atoms with van der Waals surface area (Å²) in [4.78, 5) is 0. The molecule has 86 valence electrons. The van der Waals surface area contributed by atoms with Crippen molar-refractivity contribution in [3.05, 3.63) is 5.01 Å². The van der Waals surface area contributed by atoms with Crippen LogP contribution in [0.4, 0.5) is 0 Å². The van der Waals surface area contributed by atoms with E-state index in [2.05, 4.69) is 17.1 Å². The van der Waals surface area contributed by atoms with Gasteiger partial charge in [0, 0.05) is 13.2 Å². The Hall–Kier alpha value is -0.720. The van der Waals surface area contributed by atoms with Crippen LogP contribution in [0, 0.1) is 0 Å². The van der Waals surface area contributed by atoms with Gasteiger partial charge in [0.2, 0.25) is 0 Å². The van der Waals surface area contributed by atoms with E-state index in [1.54, 1.807) is 0 Å². The van der Waals surface area contributed by atoms with Crippen molar-refractivity contribution in [3.8, 4) is 5.19 Å². The van der Waals surface area contributed by atoms with Crippen molar-refractivity contribution in [2.45, 2.75) is 26.3 Å². The molecule has 1 aromatic rings. The Balaban J connectivity index is 2.04. The molecule has 0 aliphatic heterocycles. The van der Waals surface area contributed by atoms with Gasteiger partial charge in [0.1, 0.15) is 11.6 Å². The van der Waals surface area contributed by atoms with Gasteiger partial charge in [0.25, 0.3) is 5.19 Å². The molecule has 0 aromatic carbocycles. The van der Waals surface area contributed by atoms with E-state index in [0.29, 0.717) is 25.0 Å². The van der Waals surface area contributed by atoms with Crippen molar-refractivity contribution in [1.82, 2.24) is 10.2 Å². The third-order valence-corrected chi connectivity index (χ3v) is 2.58. The van der Waals surface area contributed by atoms with E-state index in [4.69, 9.17) is 15.2 Å². The third-order valence-electron chi connectivity index (χ3n) is 1.72. The molecule has 0 unspecified atom stereocenters. The zero-order valence-electron chi connectivity index (χ0n) is 8.94. The fourth-order valence-electron chi connectivity index (χ4n) is 0.915. The summed E-state index contributed by atoms with van der Waals surface area (Å²) in [6.45, 7) is 4.45. The molecule has 1 rings (SSSR count). The molecule has 0 spiro atoms. The Bertz CT molecular complexity index is 268. The van der Waals surface area contributed by atoms with Crippen LogP contribution >= 0.6 is 11.3 Å². The number of unbranched alkanes of at least 4 members (excludes halogenated alkanes) is 1. The lowest BCUT2D eigenvalue weighted by atomic mass is 10.4. The van der Waals surface area contributed by atoms with Gasteiger partial charge < -0.3 is 15.2 Å². The number of hydrogen-bond acceptors (Lipinski definition) is 6. The van der Waals surface area contributed by atoms with Gasteiger partial charge in [-0.2, -0.15) is 0 Å². The predicted octanol–water partition coefficient (Wildman–Crippen LogP) is 1.19. The fourth-order valence-corrected chi connectivity index (χ4v) is 1.51. The van der Waals surface area contributed by atoms with E-state index in [0.717, 1.165) is 24.5 Å². The minimum Gasteiger partial charge on any atom is -0.466 e. The number of nitrogens with two attached hydrogens (primary N) is 1. The van der Waals surface area contributed by atoms with Gasteiger partial charge in [-0.25, -0.2) is 0 Å². The van der Waals surface area contributed by atoms with Crippen LogP contribution in [-0.2, 0) is 11.3 Å². The van der Waals surface area contributed by atoms with Crippen molar-refractivity contribution in [2.24, 2.45) is 5.73 Å². The number of ether oxygens (including phenoxy) is 2. The summed E-state index contributed by atoms with van der Waals surface area (Å²) in [5.74, 6) is 0. The molecule has 15 heavy (non-hydrogen) atoms. The first-order valence-corrected chi connectivity index (χ1v) is 5.91. The molecule has 5 nitrogen and oxygen atoms in total. The molecule has 0 saturated heterocycles. The lowest BCUT2D eigenvalue weighted by Crippen LogP contribution is -2.07. The van der Waals surface area contributed by atoms with Gasteiger partial charge in [-0.05, 0) is 6.42 Å². The van der Waals surface area contributed by atoms with Gasteiger partial charge in [0.05, 0.1) is 6.61 Å². The molecule has 0 aliphatic carbocycles. The summed E-state index contributed by atoms with van der Waals surface area (Å²) >= 11 is 1.38. The second kappa shape index (κ2) is 7.56. The predicted molar refractivity (Wildman–Crippen MR) is 59.0 cm³/mol. The first-order chi connectivity index (χ1) is 7.36. The van der Waals surface area contributed by atoms with Crippen molar-refractivity contribution >= 4 is 11.3 Å². The van der Waals surface area contributed by atoms with Gasteiger partial charge in [-0.15, -0.1) is 10.2 Å². The highest BCUT2D eigenvalue weighted by Gasteiger charge is 2.02. The molecule has 0 atom stereocenters. The van der Waals surface area contributed by atoms with Gasteiger partial charge in [-0.3, -0.25) is 0 Å². The molecule has 0 amide bonds.